The fraction of sp³-hybridized carbons (Fsp3) is 0.733. The van der Waals surface area contributed by atoms with Crippen molar-refractivity contribution in [1.82, 2.24) is 0 Å². The zero-order valence-corrected chi connectivity index (χ0v) is 10.9. The fourth-order valence-corrected chi connectivity index (χ4v) is 4.98. The molecule has 0 saturated heterocycles. The minimum atomic E-state index is -0.360. The van der Waals surface area contributed by atoms with Gasteiger partial charge >= 0.3 is 0 Å². The third-order valence-corrected chi connectivity index (χ3v) is 5.79. The van der Waals surface area contributed by atoms with Crippen LogP contribution < -0.4 is 0 Å². The van der Waals surface area contributed by atoms with Gasteiger partial charge in [0.05, 0.1) is 0 Å². The van der Waals surface area contributed by atoms with E-state index in [1.165, 1.54) is 0 Å². The maximum Gasteiger partial charge on any atom is 0.145 e. The number of carbonyl (C=O) groups excluding carboxylic acids is 2. The molecule has 4 bridgehead atoms. The Balaban J connectivity index is 2.13. The Morgan fingerprint density at radius 3 is 2.53 bits per heavy atom. The predicted octanol–water partition coefficient (Wildman–Crippen LogP) is 2.77. The lowest BCUT2D eigenvalue weighted by atomic mass is 9.45. The van der Waals surface area contributed by atoms with Crippen LogP contribution in [0.25, 0.3) is 0 Å². The predicted molar refractivity (Wildman–Crippen MR) is 65.4 cm³/mol. The molecule has 0 aromatic rings. The maximum atomic E-state index is 12.8. The first kappa shape index (κ1) is 11.2. The van der Waals surface area contributed by atoms with Crippen LogP contribution in [0.3, 0.4) is 0 Å². The van der Waals surface area contributed by atoms with Crippen molar-refractivity contribution in [3.63, 3.8) is 0 Å². The molecular weight excluding hydrogens is 212 g/mol. The van der Waals surface area contributed by atoms with Crippen molar-refractivity contribution in [2.24, 2.45) is 28.6 Å². The zero-order chi connectivity index (χ0) is 12.6. The van der Waals surface area contributed by atoms with Crippen LogP contribution in [0, 0.1) is 28.6 Å². The van der Waals surface area contributed by atoms with Crippen molar-refractivity contribution in [2.75, 3.05) is 0 Å². The summed E-state index contributed by atoms with van der Waals surface area (Å²) in [4.78, 5) is 24.8. The summed E-state index contributed by atoms with van der Waals surface area (Å²) in [5.41, 5.74) is 0.424. The third kappa shape index (κ3) is 1.07. The molecule has 4 fully saturated rings. The van der Waals surface area contributed by atoms with Gasteiger partial charge in [0, 0.05) is 23.2 Å². The monoisotopic (exact) mass is 232 g/mol. The molecule has 0 N–H and O–H groups in total. The zero-order valence-electron chi connectivity index (χ0n) is 10.9. The molecule has 4 aliphatic carbocycles. The number of ketones is 2. The molecule has 5 atom stereocenters. The number of carbonyl (C=O) groups is 2. The van der Waals surface area contributed by atoms with E-state index in [1.807, 2.05) is 13.8 Å². The van der Waals surface area contributed by atoms with Gasteiger partial charge in [-0.25, -0.2) is 0 Å². The molecule has 0 aromatic carbocycles. The minimum Gasteiger partial charge on any atom is -0.299 e. The summed E-state index contributed by atoms with van der Waals surface area (Å²) in [5, 5.41) is 0. The lowest BCUT2D eigenvalue weighted by Crippen LogP contribution is -2.58. The Morgan fingerprint density at radius 2 is 1.94 bits per heavy atom. The van der Waals surface area contributed by atoms with Crippen molar-refractivity contribution >= 4 is 11.6 Å². The van der Waals surface area contributed by atoms with Crippen LogP contribution >= 0.6 is 0 Å². The van der Waals surface area contributed by atoms with Gasteiger partial charge in [-0.1, -0.05) is 26.0 Å². The van der Waals surface area contributed by atoms with Crippen molar-refractivity contribution in [1.29, 1.82) is 0 Å². The molecule has 4 saturated carbocycles. The average molecular weight is 232 g/mol. The summed E-state index contributed by atoms with van der Waals surface area (Å²) in [6.07, 6.45) is 2.24. The van der Waals surface area contributed by atoms with Gasteiger partial charge in [0.15, 0.2) is 0 Å². The molecule has 92 valence electrons. The van der Waals surface area contributed by atoms with E-state index in [0.717, 1.165) is 18.4 Å². The lowest BCUT2D eigenvalue weighted by Gasteiger charge is -2.56. The van der Waals surface area contributed by atoms with Gasteiger partial charge in [0.2, 0.25) is 0 Å². The molecule has 0 aromatic heterocycles. The third-order valence-electron chi connectivity index (χ3n) is 5.79. The van der Waals surface area contributed by atoms with E-state index in [-0.39, 0.29) is 28.6 Å². The number of Topliss-reactive ketones (excluding diaryl/α,β-unsaturated/α-hetero) is 2. The van der Waals surface area contributed by atoms with Crippen LogP contribution in [-0.2, 0) is 9.59 Å². The van der Waals surface area contributed by atoms with Gasteiger partial charge < -0.3 is 0 Å². The van der Waals surface area contributed by atoms with Crippen LogP contribution in [0.5, 0.6) is 0 Å². The highest BCUT2D eigenvalue weighted by atomic mass is 16.1. The fourth-order valence-electron chi connectivity index (χ4n) is 4.98. The topological polar surface area (TPSA) is 34.1 Å². The van der Waals surface area contributed by atoms with Gasteiger partial charge in [0.25, 0.3) is 0 Å². The largest absolute Gasteiger partial charge is 0.299 e. The SMILES string of the molecule is C=C(C)[C@@H]1C[C@H]2[C@H]3C[C@]1(C)C(=O)[C@]2(C)CC3=O. The molecule has 0 amide bonds. The highest BCUT2D eigenvalue weighted by Crippen LogP contribution is 2.67. The Labute approximate surface area is 102 Å². The molecular formula is C15H20O2. The number of allylic oxidation sites excluding steroid dienone is 1. The Kier molecular flexibility index (Phi) is 1.91. The highest BCUT2D eigenvalue weighted by Gasteiger charge is 2.69. The van der Waals surface area contributed by atoms with Gasteiger partial charge in [-0.2, -0.15) is 0 Å². The number of hydrogen-bond acceptors (Lipinski definition) is 2. The second-order valence-electron chi connectivity index (χ2n) is 6.86. The van der Waals surface area contributed by atoms with Crippen LogP contribution in [0.15, 0.2) is 12.2 Å². The molecule has 0 unspecified atom stereocenters. The normalized spacial score (nSPS) is 52.1. The maximum absolute atomic E-state index is 12.8. The quantitative estimate of drug-likeness (QED) is 0.651. The van der Waals surface area contributed by atoms with Gasteiger partial charge in [-0.3, -0.25) is 9.59 Å². The molecule has 0 spiro atoms. The Hall–Kier alpha value is -0.920. The molecule has 4 aliphatic rings. The molecule has 2 nitrogen and oxygen atoms in total. The van der Waals surface area contributed by atoms with Crippen LogP contribution in [0.4, 0.5) is 0 Å². The van der Waals surface area contributed by atoms with Crippen molar-refractivity contribution in [3.05, 3.63) is 12.2 Å². The first-order valence-corrected chi connectivity index (χ1v) is 6.54. The number of rotatable bonds is 1. The minimum absolute atomic E-state index is 0.151. The molecule has 17 heavy (non-hydrogen) atoms. The van der Waals surface area contributed by atoms with Crippen LogP contribution in [0.2, 0.25) is 0 Å². The number of hydrogen-bond donors (Lipinski definition) is 0. The van der Waals surface area contributed by atoms with Gasteiger partial charge in [0.1, 0.15) is 11.6 Å². The number of fused-ring (bicyclic) bond motifs is 1. The highest BCUT2D eigenvalue weighted by molar-refractivity contribution is 6.02. The van der Waals surface area contributed by atoms with Crippen molar-refractivity contribution < 1.29 is 9.59 Å². The molecule has 2 heteroatoms. The van der Waals surface area contributed by atoms with Crippen molar-refractivity contribution in [2.45, 2.75) is 40.0 Å². The summed E-state index contributed by atoms with van der Waals surface area (Å²) >= 11 is 0. The summed E-state index contributed by atoms with van der Waals surface area (Å²) in [5.74, 6) is 1.38. The standard InChI is InChI=1S/C15H20O2/c1-8(2)10-5-11-9-6-14(10,3)13(17)15(11,4)7-12(9)16/h9-11H,1,5-7H2,2-4H3/t9-,10+,11+,14+,15-/m1/s1. The second-order valence-corrected chi connectivity index (χ2v) is 6.86. The van der Waals surface area contributed by atoms with E-state index in [9.17, 15) is 9.59 Å². The van der Waals surface area contributed by atoms with Gasteiger partial charge in [-0.15, -0.1) is 0 Å². The first-order chi connectivity index (χ1) is 7.80. The first-order valence-electron chi connectivity index (χ1n) is 6.54. The summed E-state index contributed by atoms with van der Waals surface area (Å²) in [6, 6.07) is 0. The average Bonchev–Trinajstić information content (AvgIpc) is 2.45. The van der Waals surface area contributed by atoms with Crippen LogP contribution in [-0.4, -0.2) is 11.6 Å². The van der Waals surface area contributed by atoms with E-state index in [4.69, 9.17) is 0 Å². The Morgan fingerprint density at radius 1 is 1.29 bits per heavy atom. The summed E-state index contributed by atoms with van der Waals surface area (Å²) in [6.45, 7) is 10.2. The molecule has 0 radical (unpaired) electrons. The Bertz CT molecular complexity index is 450. The molecule has 4 rings (SSSR count). The lowest BCUT2D eigenvalue weighted by molar-refractivity contribution is -0.159. The van der Waals surface area contributed by atoms with E-state index >= 15 is 0 Å². The van der Waals surface area contributed by atoms with E-state index < -0.39 is 0 Å². The summed E-state index contributed by atoms with van der Waals surface area (Å²) < 4.78 is 0. The van der Waals surface area contributed by atoms with E-state index in [0.29, 0.717) is 18.0 Å². The molecule has 0 aliphatic heterocycles. The van der Waals surface area contributed by atoms with Gasteiger partial charge in [-0.05, 0) is 31.6 Å². The van der Waals surface area contributed by atoms with E-state index in [1.54, 1.807) is 0 Å². The van der Waals surface area contributed by atoms with E-state index in [2.05, 4.69) is 13.5 Å². The summed E-state index contributed by atoms with van der Waals surface area (Å²) in [7, 11) is 0. The van der Waals surface area contributed by atoms with Crippen molar-refractivity contribution in [3.8, 4) is 0 Å². The van der Waals surface area contributed by atoms with Crippen LogP contribution in [0.1, 0.15) is 40.0 Å². The smallest absolute Gasteiger partial charge is 0.145 e. The molecule has 0 heterocycles. The second kappa shape index (κ2) is 2.90.